The molecule has 3 rings (SSSR count). The quantitative estimate of drug-likeness (QED) is 0.755. The van der Waals surface area contributed by atoms with E-state index in [1.807, 2.05) is 12.1 Å². The Morgan fingerprint density at radius 3 is 2.40 bits per heavy atom. The standard InChI is InChI=1S/C14H17N3O3/c18-13-3-4-14(19)17(13)10-11-1-2-12(15-9-11)16-5-7-20-8-6-16/h1-2,9H,3-8,10H2. The van der Waals surface area contributed by atoms with Crippen molar-refractivity contribution in [2.75, 3.05) is 31.2 Å². The number of likely N-dealkylation sites (tertiary alicyclic amines) is 1. The maximum atomic E-state index is 11.6. The molecule has 0 aliphatic carbocycles. The monoisotopic (exact) mass is 275 g/mol. The van der Waals surface area contributed by atoms with Gasteiger partial charge in [0, 0.05) is 32.1 Å². The molecule has 6 heteroatoms. The van der Waals surface area contributed by atoms with E-state index in [0.29, 0.717) is 19.4 Å². The molecule has 2 saturated heterocycles. The summed E-state index contributed by atoms with van der Waals surface area (Å²) in [5.74, 6) is 0.732. The van der Waals surface area contributed by atoms with Crippen molar-refractivity contribution in [1.82, 2.24) is 9.88 Å². The third kappa shape index (κ3) is 2.65. The lowest BCUT2D eigenvalue weighted by molar-refractivity contribution is -0.139. The third-order valence-corrected chi connectivity index (χ3v) is 3.64. The van der Waals surface area contributed by atoms with Crippen molar-refractivity contribution in [3.05, 3.63) is 23.9 Å². The molecule has 0 atom stereocenters. The van der Waals surface area contributed by atoms with Gasteiger partial charge in [-0.25, -0.2) is 4.98 Å². The van der Waals surface area contributed by atoms with Gasteiger partial charge in [0.2, 0.25) is 11.8 Å². The Morgan fingerprint density at radius 1 is 1.10 bits per heavy atom. The first-order valence-electron chi connectivity index (χ1n) is 6.85. The normalized spacial score (nSPS) is 19.8. The molecular weight excluding hydrogens is 258 g/mol. The van der Waals surface area contributed by atoms with E-state index in [2.05, 4.69) is 9.88 Å². The summed E-state index contributed by atoms with van der Waals surface area (Å²) in [4.78, 5) is 31.0. The second-order valence-electron chi connectivity index (χ2n) is 5.00. The van der Waals surface area contributed by atoms with Crippen LogP contribution in [0.5, 0.6) is 0 Å². The maximum Gasteiger partial charge on any atom is 0.229 e. The van der Waals surface area contributed by atoms with E-state index in [1.54, 1.807) is 6.20 Å². The summed E-state index contributed by atoms with van der Waals surface area (Å²) in [6.45, 7) is 3.46. The van der Waals surface area contributed by atoms with Crippen LogP contribution in [-0.2, 0) is 20.9 Å². The van der Waals surface area contributed by atoms with Gasteiger partial charge < -0.3 is 9.64 Å². The van der Waals surface area contributed by atoms with E-state index in [9.17, 15) is 9.59 Å². The van der Waals surface area contributed by atoms with Crippen LogP contribution in [0.25, 0.3) is 0 Å². The van der Waals surface area contributed by atoms with Gasteiger partial charge in [-0.1, -0.05) is 6.07 Å². The van der Waals surface area contributed by atoms with E-state index < -0.39 is 0 Å². The van der Waals surface area contributed by atoms with Crippen molar-refractivity contribution in [2.24, 2.45) is 0 Å². The molecule has 6 nitrogen and oxygen atoms in total. The predicted molar refractivity (Wildman–Crippen MR) is 72.1 cm³/mol. The lowest BCUT2D eigenvalue weighted by Crippen LogP contribution is -2.36. The van der Waals surface area contributed by atoms with Crippen molar-refractivity contribution >= 4 is 17.6 Å². The van der Waals surface area contributed by atoms with E-state index in [4.69, 9.17) is 4.74 Å². The minimum atomic E-state index is -0.0905. The molecule has 106 valence electrons. The number of rotatable bonds is 3. The first kappa shape index (κ1) is 13.1. The number of carbonyl (C=O) groups excluding carboxylic acids is 2. The summed E-state index contributed by atoms with van der Waals surface area (Å²) in [5, 5.41) is 0. The molecule has 0 bridgehead atoms. The van der Waals surface area contributed by atoms with Gasteiger partial charge in [-0.15, -0.1) is 0 Å². The van der Waals surface area contributed by atoms with Gasteiger partial charge in [-0.3, -0.25) is 14.5 Å². The van der Waals surface area contributed by atoms with Crippen LogP contribution in [0.3, 0.4) is 0 Å². The Kier molecular flexibility index (Phi) is 3.64. The zero-order valence-electron chi connectivity index (χ0n) is 11.2. The Labute approximate surface area is 117 Å². The third-order valence-electron chi connectivity index (χ3n) is 3.64. The van der Waals surface area contributed by atoms with Crippen molar-refractivity contribution in [3.8, 4) is 0 Å². The molecule has 2 fully saturated rings. The van der Waals surface area contributed by atoms with Crippen LogP contribution in [0.1, 0.15) is 18.4 Å². The van der Waals surface area contributed by atoms with Gasteiger partial charge in [0.25, 0.3) is 0 Å². The zero-order valence-corrected chi connectivity index (χ0v) is 11.2. The van der Waals surface area contributed by atoms with E-state index >= 15 is 0 Å². The van der Waals surface area contributed by atoms with Crippen molar-refractivity contribution in [1.29, 1.82) is 0 Å². The molecule has 2 amide bonds. The number of ether oxygens (including phenoxy) is 1. The Morgan fingerprint density at radius 2 is 1.80 bits per heavy atom. The molecular formula is C14H17N3O3. The highest BCUT2D eigenvalue weighted by atomic mass is 16.5. The molecule has 0 saturated carbocycles. The minimum Gasteiger partial charge on any atom is -0.378 e. The number of hydrogen-bond donors (Lipinski definition) is 0. The van der Waals surface area contributed by atoms with E-state index in [0.717, 1.165) is 37.7 Å². The molecule has 0 unspecified atom stereocenters. The summed E-state index contributed by atoms with van der Waals surface area (Å²) in [7, 11) is 0. The molecule has 2 aliphatic heterocycles. The summed E-state index contributed by atoms with van der Waals surface area (Å²) in [6, 6.07) is 3.86. The van der Waals surface area contributed by atoms with Gasteiger partial charge in [-0.05, 0) is 11.6 Å². The lowest BCUT2D eigenvalue weighted by atomic mass is 10.2. The molecule has 3 heterocycles. The molecule has 1 aromatic heterocycles. The van der Waals surface area contributed by atoms with Gasteiger partial charge in [0.1, 0.15) is 5.82 Å². The molecule has 0 spiro atoms. The molecule has 2 aliphatic rings. The average Bonchev–Trinajstić information content (AvgIpc) is 2.81. The number of anilines is 1. The number of pyridine rings is 1. The summed E-state index contributed by atoms with van der Waals surface area (Å²) < 4.78 is 5.31. The minimum absolute atomic E-state index is 0.0905. The van der Waals surface area contributed by atoms with Crippen LogP contribution in [0, 0.1) is 0 Å². The highest BCUT2D eigenvalue weighted by Crippen LogP contribution is 2.17. The first-order chi connectivity index (χ1) is 9.74. The van der Waals surface area contributed by atoms with Crippen molar-refractivity contribution < 1.29 is 14.3 Å². The Hall–Kier alpha value is -1.95. The average molecular weight is 275 g/mol. The second kappa shape index (κ2) is 5.58. The van der Waals surface area contributed by atoms with Crippen LogP contribution in [0.2, 0.25) is 0 Å². The first-order valence-corrected chi connectivity index (χ1v) is 6.85. The number of carbonyl (C=O) groups is 2. The van der Waals surface area contributed by atoms with Crippen LogP contribution in [0.4, 0.5) is 5.82 Å². The van der Waals surface area contributed by atoms with Crippen LogP contribution >= 0.6 is 0 Å². The van der Waals surface area contributed by atoms with E-state index in [1.165, 1.54) is 4.90 Å². The van der Waals surface area contributed by atoms with Crippen LogP contribution in [-0.4, -0.2) is 48.0 Å². The Bertz CT molecular complexity index is 493. The van der Waals surface area contributed by atoms with Gasteiger partial charge >= 0.3 is 0 Å². The summed E-state index contributed by atoms with van der Waals surface area (Å²) >= 11 is 0. The number of morpholine rings is 1. The molecule has 0 radical (unpaired) electrons. The van der Waals surface area contributed by atoms with Gasteiger partial charge in [-0.2, -0.15) is 0 Å². The smallest absolute Gasteiger partial charge is 0.229 e. The Balaban J connectivity index is 1.66. The molecule has 20 heavy (non-hydrogen) atoms. The fourth-order valence-electron chi connectivity index (χ4n) is 2.47. The number of amides is 2. The van der Waals surface area contributed by atoms with Gasteiger partial charge in [0.15, 0.2) is 0 Å². The number of nitrogens with zero attached hydrogens (tertiary/aromatic N) is 3. The summed E-state index contributed by atoms with van der Waals surface area (Å²) in [5.41, 5.74) is 0.880. The highest BCUT2D eigenvalue weighted by molar-refractivity contribution is 6.01. The fraction of sp³-hybridized carbons (Fsp3) is 0.500. The predicted octanol–water partition coefficient (Wildman–Crippen LogP) is 0.567. The highest BCUT2D eigenvalue weighted by Gasteiger charge is 2.28. The lowest BCUT2D eigenvalue weighted by Gasteiger charge is -2.27. The van der Waals surface area contributed by atoms with Crippen molar-refractivity contribution in [2.45, 2.75) is 19.4 Å². The van der Waals surface area contributed by atoms with E-state index in [-0.39, 0.29) is 11.8 Å². The second-order valence-corrected chi connectivity index (χ2v) is 5.00. The number of aromatic nitrogens is 1. The molecule has 0 N–H and O–H groups in total. The van der Waals surface area contributed by atoms with Gasteiger partial charge in [0.05, 0.1) is 19.8 Å². The summed E-state index contributed by atoms with van der Waals surface area (Å²) in [6.07, 6.45) is 2.40. The molecule has 1 aromatic rings. The molecule has 0 aromatic carbocycles. The largest absolute Gasteiger partial charge is 0.378 e. The van der Waals surface area contributed by atoms with Crippen LogP contribution < -0.4 is 4.90 Å². The SMILES string of the molecule is O=C1CCC(=O)N1Cc1ccc(N2CCOCC2)nc1. The van der Waals surface area contributed by atoms with Crippen molar-refractivity contribution in [3.63, 3.8) is 0 Å². The maximum absolute atomic E-state index is 11.6. The zero-order chi connectivity index (χ0) is 13.9. The number of imide groups is 1. The fourth-order valence-corrected chi connectivity index (χ4v) is 2.47. The topological polar surface area (TPSA) is 62.7 Å². The number of hydrogen-bond acceptors (Lipinski definition) is 5. The van der Waals surface area contributed by atoms with Crippen LogP contribution in [0.15, 0.2) is 18.3 Å².